The van der Waals surface area contributed by atoms with Gasteiger partial charge in [0.2, 0.25) is 0 Å². The van der Waals surface area contributed by atoms with Gasteiger partial charge in [0.15, 0.2) is 0 Å². The van der Waals surface area contributed by atoms with Crippen LogP contribution < -0.4 is 24.3 Å². The molecule has 0 atom stereocenters. The molecular formula is C18H20BrNO5. The van der Waals surface area contributed by atoms with E-state index >= 15 is 0 Å². The highest BCUT2D eigenvalue weighted by Crippen LogP contribution is 2.35. The molecule has 0 bridgehead atoms. The number of hydrogen-bond acceptors (Lipinski definition) is 5. The average Bonchev–Trinajstić information content (AvgIpc) is 2.65. The number of nitrogens with one attached hydrogen (secondary N) is 1. The van der Waals surface area contributed by atoms with Gasteiger partial charge in [-0.05, 0) is 40.2 Å². The second-order valence-corrected chi connectivity index (χ2v) is 5.85. The molecule has 0 aliphatic rings. The highest BCUT2D eigenvalue weighted by Gasteiger charge is 2.15. The zero-order valence-corrected chi connectivity index (χ0v) is 16.1. The molecule has 2 aromatic carbocycles. The lowest BCUT2D eigenvalue weighted by molar-refractivity contribution is 0.0950. The Kier molecular flexibility index (Phi) is 6.52. The van der Waals surface area contributed by atoms with Gasteiger partial charge in [0, 0.05) is 23.7 Å². The van der Waals surface area contributed by atoms with Crippen LogP contribution in [0.25, 0.3) is 0 Å². The number of amides is 1. The van der Waals surface area contributed by atoms with E-state index in [1.807, 2.05) is 12.1 Å². The molecule has 0 aromatic heterocycles. The van der Waals surface area contributed by atoms with E-state index in [2.05, 4.69) is 21.2 Å². The summed E-state index contributed by atoms with van der Waals surface area (Å²) in [6.07, 6.45) is 0. The average molecular weight is 410 g/mol. The lowest BCUT2D eigenvalue weighted by Crippen LogP contribution is -2.23. The first-order valence-corrected chi connectivity index (χ1v) is 8.24. The molecule has 0 unspecified atom stereocenters. The Balaban J connectivity index is 2.18. The second kappa shape index (κ2) is 8.62. The molecule has 1 N–H and O–H groups in total. The zero-order chi connectivity index (χ0) is 18.4. The number of carbonyl (C=O) groups is 1. The normalized spacial score (nSPS) is 10.1. The highest BCUT2D eigenvalue weighted by atomic mass is 79.9. The van der Waals surface area contributed by atoms with Crippen LogP contribution in [0.1, 0.15) is 15.9 Å². The maximum absolute atomic E-state index is 12.5. The van der Waals surface area contributed by atoms with Crippen LogP contribution in [-0.4, -0.2) is 34.3 Å². The third-order valence-electron chi connectivity index (χ3n) is 3.64. The van der Waals surface area contributed by atoms with E-state index in [-0.39, 0.29) is 5.91 Å². The molecule has 134 valence electrons. The summed E-state index contributed by atoms with van der Waals surface area (Å²) >= 11 is 3.38. The molecule has 0 fully saturated rings. The van der Waals surface area contributed by atoms with E-state index in [4.69, 9.17) is 18.9 Å². The topological polar surface area (TPSA) is 66.0 Å². The first-order valence-electron chi connectivity index (χ1n) is 7.44. The molecular weight excluding hydrogens is 390 g/mol. The molecule has 7 heteroatoms. The van der Waals surface area contributed by atoms with Crippen molar-refractivity contribution in [2.45, 2.75) is 6.54 Å². The van der Waals surface area contributed by atoms with Gasteiger partial charge < -0.3 is 24.3 Å². The van der Waals surface area contributed by atoms with E-state index in [9.17, 15) is 4.79 Å². The third kappa shape index (κ3) is 4.36. The summed E-state index contributed by atoms with van der Waals surface area (Å²) in [4.78, 5) is 12.5. The molecule has 0 aliphatic heterocycles. The molecule has 0 radical (unpaired) electrons. The molecule has 6 nitrogen and oxygen atoms in total. The number of benzene rings is 2. The molecule has 2 rings (SSSR count). The Bertz CT molecular complexity index is 738. The Morgan fingerprint density at radius 3 is 2.04 bits per heavy atom. The van der Waals surface area contributed by atoms with Gasteiger partial charge in [-0.15, -0.1) is 0 Å². The number of methoxy groups -OCH3 is 4. The highest BCUT2D eigenvalue weighted by molar-refractivity contribution is 9.10. The molecule has 2 aromatic rings. The van der Waals surface area contributed by atoms with Crippen LogP contribution >= 0.6 is 15.9 Å². The molecule has 0 spiro atoms. The largest absolute Gasteiger partial charge is 0.497 e. The molecule has 0 saturated carbocycles. The van der Waals surface area contributed by atoms with Gasteiger partial charge in [-0.2, -0.15) is 0 Å². The zero-order valence-electron chi connectivity index (χ0n) is 14.5. The summed E-state index contributed by atoms with van der Waals surface area (Å²) in [5.41, 5.74) is 1.28. The lowest BCUT2D eigenvalue weighted by atomic mass is 10.1. The standard InChI is InChI=1S/C18H20BrNO5/c1-22-13-6-5-11(14(9-13)23-2)10-20-18(21)12-7-15(24-3)17(19)16(8-12)25-4/h5-9H,10H2,1-4H3,(H,20,21). The van der Waals surface area contributed by atoms with Crippen LogP contribution in [0.4, 0.5) is 0 Å². The maximum Gasteiger partial charge on any atom is 0.251 e. The fourth-order valence-electron chi connectivity index (χ4n) is 2.28. The Hall–Kier alpha value is -2.41. The number of hydrogen-bond donors (Lipinski definition) is 1. The SMILES string of the molecule is COc1ccc(CNC(=O)c2cc(OC)c(Br)c(OC)c2)c(OC)c1. The second-order valence-electron chi connectivity index (χ2n) is 5.06. The van der Waals surface area contributed by atoms with Gasteiger partial charge in [0.1, 0.15) is 27.5 Å². The molecule has 1 amide bonds. The Morgan fingerprint density at radius 2 is 1.52 bits per heavy atom. The van der Waals surface area contributed by atoms with Gasteiger partial charge in [-0.25, -0.2) is 0 Å². The van der Waals surface area contributed by atoms with Crippen molar-refractivity contribution in [2.24, 2.45) is 0 Å². The third-order valence-corrected chi connectivity index (χ3v) is 4.42. The number of ether oxygens (including phenoxy) is 4. The first kappa shape index (κ1) is 18.9. The molecule has 0 aliphatic carbocycles. The predicted molar refractivity (Wildman–Crippen MR) is 98.0 cm³/mol. The van der Waals surface area contributed by atoms with Crippen LogP contribution in [0.15, 0.2) is 34.8 Å². The van der Waals surface area contributed by atoms with Crippen molar-refractivity contribution in [1.29, 1.82) is 0 Å². The number of halogens is 1. The van der Waals surface area contributed by atoms with Crippen LogP contribution in [-0.2, 0) is 6.54 Å². The summed E-state index contributed by atoms with van der Waals surface area (Å²) < 4.78 is 21.7. The van der Waals surface area contributed by atoms with E-state index in [0.717, 1.165) is 5.56 Å². The van der Waals surface area contributed by atoms with Crippen LogP contribution in [0.3, 0.4) is 0 Å². The first-order chi connectivity index (χ1) is 12.0. The lowest BCUT2D eigenvalue weighted by Gasteiger charge is -2.13. The van der Waals surface area contributed by atoms with E-state index in [1.165, 1.54) is 14.2 Å². The van der Waals surface area contributed by atoms with E-state index in [0.29, 0.717) is 39.6 Å². The van der Waals surface area contributed by atoms with Crippen LogP contribution in [0.2, 0.25) is 0 Å². The Labute approximate surface area is 155 Å². The van der Waals surface area contributed by atoms with E-state index < -0.39 is 0 Å². The quantitative estimate of drug-likeness (QED) is 0.758. The summed E-state index contributed by atoms with van der Waals surface area (Å²) in [7, 11) is 6.22. The van der Waals surface area contributed by atoms with Gasteiger partial charge in [0.05, 0.1) is 28.4 Å². The molecule has 25 heavy (non-hydrogen) atoms. The van der Waals surface area contributed by atoms with Crippen molar-refractivity contribution in [3.05, 3.63) is 45.9 Å². The van der Waals surface area contributed by atoms with Crippen LogP contribution in [0, 0.1) is 0 Å². The van der Waals surface area contributed by atoms with Crippen LogP contribution in [0.5, 0.6) is 23.0 Å². The number of rotatable bonds is 7. The van der Waals surface area contributed by atoms with Gasteiger partial charge in [0.25, 0.3) is 5.91 Å². The van der Waals surface area contributed by atoms with E-state index in [1.54, 1.807) is 32.4 Å². The van der Waals surface area contributed by atoms with Crippen molar-refractivity contribution in [2.75, 3.05) is 28.4 Å². The van der Waals surface area contributed by atoms with Crippen molar-refractivity contribution < 1.29 is 23.7 Å². The summed E-state index contributed by atoms with van der Waals surface area (Å²) in [6.45, 7) is 0.312. The van der Waals surface area contributed by atoms with Gasteiger partial charge in [-0.3, -0.25) is 4.79 Å². The van der Waals surface area contributed by atoms with Gasteiger partial charge >= 0.3 is 0 Å². The van der Waals surface area contributed by atoms with Crippen molar-refractivity contribution in [3.8, 4) is 23.0 Å². The monoisotopic (exact) mass is 409 g/mol. The Morgan fingerprint density at radius 1 is 0.920 bits per heavy atom. The minimum Gasteiger partial charge on any atom is -0.497 e. The number of carbonyl (C=O) groups excluding carboxylic acids is 1. The minimum absolute atomic E-state index is 0.248. The molecule has 0 heterocycles. The maximum atomic E-state index is 12.5. The van der Waals surface area contributed by atoms with Crippen molar-refractivity contribution in [3.63, 3.8) is 0 Å². The van der Waals surface area contributed by atoms with Crippen molar-refractivity contribution in [1.82, 2.24) is 5.32 Å². The van der Waals surface area contributed by atoms with Crippen molar-refractivity contribution >= 4 is 21.8 Å². The fourth-order valence-corrected chi connectivity index (χ4v) is 2.83. The summed E-state index contributed by atoms with van der Waals surface area (Å²) in [6, 6.07) is 8.73. The predicted octanol–water partition coefficient (Wildman–Crippen LogP) is 3.41. The summed E-state index contributed by atoms with van der Waals surface area (Å²) in [5.74, 6) is 2.12. The minimum atomic E-state index is -0.248. The fraction of sp³-hybridized carbons (Fsp3) is 0.278. The summed E-state index contributed by atoms with van der Waals surface area (Å²) in [5, 5.41) is 2.86. The smallest absolute Gasteiger partial charge is 0.251 e. The van der Waals surface area contributed by atoms with Gasteiger partial charge in [-0.1, -0.05) is 0 Å². The molecule has 0 saturated heterocycles.